The quantitative estimate of drug-likeness (QED) is 0.852. The maximum atomic E-state index is 12.0. The molecule has 0 saturated carbocycles. The van der Waals surface area contributed by atoms with Crippen LogP contribution in [0.1, 0.15) is 29.3 Å². The number of rotatable bonds is 4. The molecule has 0 spiro atoms. The van der Waals surface area contributed by atoms with Crippen molar-refractivity contribution in [1.82, 2.24) is 0 Å². The summed E-state index contributed by atoms with van der Waals surface area (Å²) in [5, 5.41) is 0.482. The van der Waals surface area contributed by atoms with Gasteiger partial charge in [-0.2, -0.15) is 0 Å². The summed E-state index contributed by atoms with van der Waals surface area (Å²) >= 11 is 6.29. The van der Waals surface area contributed by atoms with Crippen LogP contribution in [-0.2, 0) is 6.42 Å². The molecular formula is C13H16ClNO3. The number of hydrogen-bond acceptors (Lipinski definition) is 4. The molecule has 5 heteroatoms. The molecule has 1 aromatic rings. The Labute approximate surface area is 111 Å². The van der Waals surface area contributed by atoms with E-state index in [1.165, 1.54) is 0 Å². The van der Waals surface area contributed by atoms with E-state index in [9.17, 15) is 4.79 Å². The van der Waals surface area contributed by atoms with Crippen LogP contribution in [-0.4, -0.2) is 25.5 Å². The summed E-state index contributed by atoms with van der Waals surface area (Å²) in [6.45, 7) is 3.23. The number of carbonyl (C=O) groups excluding carboxylic acids is 1. The molecule has 1 aliphatic rings. The van der Waals surface area contributed by atoms with Crippen molar-refractivity contribution >= 4 is 17.4 Å². The Balaban J connectivity index is 2.52. The molecule has 0 saturated heterocycles. The first kappa shape index (κ1) is 13.2. The Kier molecular flexibility index (Phi) is 4.09. The van der Waals surface area contributed by atoms with E-state index >= 15 is 0 Å². The Morgan fingerprint density at radius 1 is 1.44 bits per heavy atom. The van der Waals surface area contributed by atoms with Crippen LogP contribution in [0.2, 0.25) is 5.02 Å². The fourth-order valence-electron chi connectivity index (χ4n) is 2.04. The zero-order chi connectivity index (χ0) is 13.1. The second-order valence-corrected chi connectivity index (χ2v) is 4.43. The van der Waals surface area contributed by atoms with Gasteiger partial charge in [-0.3, -0.25) is 4.79 Å². The van der Waals surface area contributed by atoms with Crippen molar-refractivity contribution in [2.45, 2.75) is 19.8 Å². The van der Waals surface area contributed by atoms with Crippen LogP contribution < -0.4 is 15.2 Å². The third kappa shape index (κ3) is 2.31. The summed E-state index contributed by atoms with van der Waals surface area (Å²) in [6, 6.07) is 1.72. The van der Waals surface area contributed by atoms with Gasteiger partial charge in [-0.05, 0) is 24.6 Å². The lowest BCUT2D eigenvalue weighted by molar-refractivity contribution is 0.0983. The van der Waals surface area contributed by atoms with Gasteiger partial charge in [-0.25, -0.2) is 0 Å². The fourth-order valence-corrected chi connectivity index (χ4v) is 2.43. The van der Waals surface area contributed by atoms with Gasteiger partial charge < -0.3 is 15.2 Å². The molecule has 0 radical (unpaired) electrons. The van der Waals surface area contributed by atoms with Gasteiger partial charge in [-0.1, -0.05) is 18.5 Å². The first-order chi connectivity index (χ1) is 8.69. The molecule has 0 atom stereocenters. The van der Waals surface area contributed by atoms with E-state index in [4.69, 9.17) is 26.8 Å². The Morgan fingerprint density at radius 2 is 2.17 bits per heavy atom. The molecule has 2 N–H and O–H groups in total. The van der Waals surface area contributed by atoms with Crippen LogP contribution in [0.3, 0.4) is 0 Å². The Hall–Kier alpha value is -1.26. The van der Waals surface area contributed by atoms with Gasteiger partial charge >= 0.3 is 0 Å². The zero-order valence-electron chi connectivity index (χ0n) is 10.3. The van der Waals surface area contributed by atoms with Crippen molar-refractivity contribution in [3.05, 3.63) is 22.2 Å². The second kappa shape index (κ2) is 5.59. The molecule has 98 valence electrons. The number of carbonyl (C=O) groups is 1. The predicted octanol–water partition coefficient (Wildman–Crippen LogP) is 2.21. The molecule has 0 unspecified atom stereocenters. The van der Waals surface area contributed by atoms with E-state index in [0.29, 0.717) is 54.7 Å². The summed E-state index contributed by atoms with van der Waals surface area (Å²) in [7, 11) is 0. The largest absolute Gasteiger partial charge is 0.486 e. The molecule has 0 bridgehead atoms. The molecule has 0 aromatic heterocycles. The lowest BCUT2D eigenvalue weighted by atomic mass is 9.98. The number of nitrogens with two attached hydrogens (primary N) is 1. The summed E-state index contributed by atoms with van der Waals surface area (Å²) in [5.74, 6) is 1.08. The number of ketones is 1. The molecule has 0 aliphatic carbocycles. The lowest BCUT2D eigenvalue weighted by Gasteiger charge is -2.22. The Morgan fingerprint density at radius 3 is 2.83 bits per heavy atom. The molecule has 4 nitrogen and oxygen atoms in total. The molecule has 1 aromatic carbocycles. The van der Waals surface area contributed by atoms with Crippen LogP contribution in [0.25, 0.3) is 0 Å². The van der Waals surface area contributed by atoms with Crippen LogP contribution in [0.4, 0.5) is 0 Å². The summed E-state index contributed by atoms with van der Waals surface area (Å²) in [5.41, 5.74) is 6.82. The highest BCUT2D eigenvalue weighted by Crippen LogP contribution is 2.41. The molecular weight excluding hydrogens is 254 g/mol. The maximum Gasteiger partial charge on any atom is 0.180 e. The van der Waals surface area contributed by atoms with Gasteiger partial charge in [0, 0.05) is 12.0 Å². The first-order valence-corrected chi connectivity index (χ1v) is 6.41. The first-order valence-electron chi connectivity index (χ1n) is 6.03. The molecule has 2 rings (SSSR count). The summed E-state index contributed by atoms with van der Waals surface area (Å²) < 4.78 is 11.0. The number of fused-ring (bicyclic) bond motifs is 1. The maximum absolute atomic E-state index is 12.0. The van der Waals surface area contributed by atoms with Crippen molar-refractivity contribution in [3.8, 4) is 11.5 Å². The summed E-state index contributed by atoms with van der Waals surface area (Å²) in [4.78, 5) is 12.0. The van der Waals surface area contributed by atoms with Crippen LogP contribution >= 0.6 is 11.6 Å². The SMILES string of the molecule is CCc1c(C(=O)CCN)cc2c(c1Cl)OCCO2. The van der Waals surface area contributed by atoms with Crippen molar-refractivity contribution in [2.24, 2.45) is 5.73 Å². The lowest BCUT2D eigenvalue weighted by Crippen LogP contribution is -2.18. The van der Waals surface area contributed by atoms with Crippen molar-refractivity contribution in [1.29, 1.82) is 0 Å². The van der Waals surface area contributed by atoms with Crippen molar-refractivity contribution in [3.63, 3.8) is 0 Å². The van der Waals surface area contributed by atoms with Gasteiger partial charge in [0.25, 0.3) is 0 Å². The van der Waals surface area contributed by atoms with E-state index in [-0.39, 0.29) is 5.78 Å². The third-order valence-electron chi connectivity index (χ3n) is 2.90. The standard InChI is InChI=1S/C13H16ClNO3/c1-2-8-9(10(16)3-4-15)7-11-13(12(8)14)18-6-5-17-11/h7H,2-6,15H2,1H3. The van der Waals surface area contributed by atoms with Crippen LogP contribution in [0, 0.1) is 0 Å². The smallest absolute Gasteiger partial charge is 0.180 e. The number of Topliss-reactive ketones (excluding diaryl/α,β-unsaturated/α-hetero) is 1. The Bertz CT molecular complexity index is 474. The second-order valence-electron chi connectivity index (χ2n) is 4.06. The van der Waals surface area contributed by atoms with E-state index in [2.05, 4.69) is 0 Å². The van der Waals surface area contributed by atoms with Gasteiger partial charge in [0.15, 0.2) is 17.3 Å². The highest BCUT2D eigenvalue weighted by molar-refractivity contribution is 6.33. The third-order valence-corrected chi connectivity index (χ3v) is 3.30. The van der Waals surface area contributed by atoms with Crippen LogP contribution in [0.15, 0.2) is 6.07 Å². The van der Waals surface area contributed by atoms with Crippen LogP contribution in [0.5, 0.6) is 11.5 Å². The zero-order valence-corrected chi connectivity index (χ0v) is 11.0. The fraction of sp³-hybridized carbons (Fsp3) is 0.462. The topological polar surface area (TPSA) is 61.6 Å². The average molecular weight is 270 g/mol. The average Bonchev–Trinajstić information content (AvgIpc) is 2.39. The number of ether oxygens (including phenoxy) is 2. The van der Waals surface area contributed by atoms with E-state index in [1.807, 2.05) is 6.92 Å². The highest BCUT2D eigenvalue weighted by atomic mass is 35.5. The minimum Gasteiger partial charge on any atom is -0.486 e. The minimum atomic E-state index is -0.00627. The van der Waals surface area contributed by atoms with Crippen molar-refractivity contribution < 1.29 is 14.3 Å². The van der Waals surface area contributed by atoms with Gasteiger partial charge in [-0.15, -0.1) is 0 Å². The van der Waals surface area contributed by atoms with E-state index in [1.54, 1.807) is 6.07 Å². The number of hydrogen-bond donors (Lipinski definition) is 1. The molecule has 18 heavy (non-hydrogen) atoms. The van der Waals surface area contributed by atoms with Crippen molar-refractivity contribution in [2.75, 3.05) is 19.8 Å². The normalized spacial score (nSPS) is 13.5. The van der Waals surface area contributed by atoms with Gasteiger partial charge in [0.2, 0.25) is 0 Å². The summed E-state index contributed by atoms with van der Waals surface area (Å²) in [6.07, 6.45) is 0.976. The van der Waals surface area contributed by atoms with Gasteiger partial charge in [0.1, 0.15) is 13.2 Å². The highest BCUT2D eigenvalue weighted by Gasteiger charge is 2.23. The van der Waals surface area contributed by atoms with E-state index in [0.717, 1.165) is 5.56 Å². The minimum absolute atomic E-state index is 0.00627. The monoisotopic (exact) mass is 269 g/mol. The van der Waals surface area contributed by atoms with Gasteiger partial charge in [0.05, 0.1) is 5.02 Å². The van der Waals surface area contributed by atoms with E-state index < -0.39 is 0 Å². The number of benzene rings is 1. The number of halogens is 1. The molecule has 0 amide bonds. The molecule has 1 heterocycles. The predicted molar refractivity (Wildman–Crippen MR) is 69.8 cm³/mol. The molecule has 0 fully saturated rings. The molecule has 1 aliphatic heterocycles.